The first-order chi connectivity index (χ1) is 7.06. The molecule has 15 heavy (non-hydrogen) atoms. The van der Waals surface area contributed by atoms with Crippen LogP contribution in [0.2, 0.25) is 0 Å². The van der Waals surface area contributed by atoms with E-state index in [4.69, 9.17) is 4.74 Å². The number of unbranched alkanes of at least 4 members (excludes halogenated alkanes) is 3. The predicted octanol–water partition coefficient (Wildman–Crippen LogP) is 3.85. The van der Waals surface area contributed by atoms with Gasteiger partial charge in [-0.25, -0.2) is 0 Å². The summed E-state index contributed by atoms with van der Waals surface area (Å²) < 4.78 is 5.23. The molecule has 0 rings (SSSR count). The van der Waals surface area contributed by atoms with Gasteiger partial charge < -0.3 is 4.74 Å². The van der Waals surface area contributed by atoms with E-state index in [1.165, 1.54) is 31.8 Å². The van der Waals surface area contributed by atoms with E-state index < -0.39 is 0 Å². The number of ether oxygens (including phenoxy) is 1. The summed E-state index contributed by atoms with van der Waals surface area (Å²) in [5.74, 6) is -0.187. The molecule has 0 radical (unpaired) electrons. The average Bonchev–Trinajstić information content (AvgIpc) is 2.10. The van der Waals surface area contributed by atoms with Crippen molar-refractivity contribution in [2.24, 2.45) is 0 Å². The summed E-state index contributed by atoms with van der Waals surface area (Å²) in [6.07, 6.45) is 7.82. The zero-order chi connectivity index (χ0) is 11.7. The first kappa shape index (κ1) is 14.2. The van der Waals surface area contributed by atoms with Crippen molar-refractivity contribution < 1.29 is 9.53 Å². The summed E-state index contributed by atoms with van der Waals surface area (Å²) in [6, 6.07) is 0. The molecular weight excluding hydrogens is 188 g/mol. The van der Waals surface area contributed by atoms with E-state index in [0.29, 0.717) is 0 Å². The zero-order valence-corrected chi connectivity index (χ0v) is 10.5. The molecule has 88 valence electrons. The van der Waals surface area contributed by atoms with E-state index >= 15 is 0 Å². The smallest absolute Gasteiger partial charge is 0.303 e. The highest BCUT2D eigenvalue weighted by atomic mass is 16.5. The summed E-state index contributed by atoms with van der Waals surface area (Å²) in [4.78, 5) is 10.9. The normalized spacial score (nSPS) is 12.0. The largest absolute Gasteiger partial charge is 0.458 e. The first-order valence-corrected chi connectivity index (χ1v) is 5.88. The third-order valence-electron chi connectivity index (χ3n) is 2.18. The molecule has 1 atom stereocenters. The maximum atomic E-state index is 10.9. The number of carbonyl (C=O) groups is 1. The lowest BCUT2D eigenvalue weighted by Crippen LogP contribution is -2.14. The van der Waals surface area contributed by atoms with Crippen LogP contribution in [0.15, 0.2) is 11.6 Å². The van der Waals surface area contributed by atoms with Crippen LogP contribution in [0.5, 0.6) is 0 Å². The summed E-state index contributed by atoms with van der Waals surface area (Å²) in [7, 11) is 0. The fraction of sp³-hybridized carbons (Fsp3) is 0.769. The third kappa shape index (κ3) is 9.51. The van der Waals surface area contributed by atoms with E-state index in [-0.39, 0.29) is 12.1 Å². The minimum absolute atomic E-state index is 0.0237. The molecule has 1 unspecified atom stereocenters. The number of rotatable bonds is 7. The first-order valence-electron chi connectivity index (χ1n) is 5.88. The molecule has 0 aliphatic carbocycles. The average molecular weight is 212 g/mol. The van der Waals surface area contributed by atoms with E-state index in [0.717, 1.165) is 12.8 Å². The van der Waals surface area contributed by atoms with Crippen LogP contribution in [0.1, 0.15) is 59.8 Å². The molecule has 2 nitrogen and oxygen atoms in total. The number of hydrogen-bond donors (Lipinski definition) is 0. The van der Waals surface area contributed by atoms with Gasteiger partial charge in [0.05, 0.1) is 0 Å². The fourth-order valence-electron chi connectivity index (χ4n) is 1.53. The molecule has 0 spiro atoms. The van der Waals surface area contributed by atoms with Crippen LogP contribution in [0, 0.1) is 0 Å². The Morgan fingerprint density at radius 2 is 1.87 bits per heavy atom. The molecule has 0 aromatic carbocycles. The van der Waals surface area contributed by atoms with E-state index in [1.54, 1.807) is 0 Å². The van der Waals surface area contributed by atoms with Gasteiger partial charge in [0, 0.05) is 6.92 Å². The second-order valence-corrected chi connectivity index (χ2v) is 4.24. The third-order valence-corrected chi connectivity index (χ3v) is 2.18. The lowest BCUT2D eigenvalue weighted by molar-refractivity contribution is -0.144. The van der Waals surface area contributed by atoms with Gasteiger partial charge in [0.2, 0.25) is 0 Å². The van der Waals surface area contributed by atoms with Gasteiger partial charge in [0.1, 0.15) is 6.10 Å². The summed E-state index contributed by atoms with van der Waals surface area (Å²) >= 11 is 0. The number of hydrogen-bond acceptors (Lipinski definition) is 2. The van der Waals surface area contributed by atoms with E-state index in [1.807, 2.05) is 19.9 Å². The molecule has 0 aliphatic rings. The van der Waals surface area contributed by atoms with Gasteiger partial charge in [0.25, 0.3) is 0 Å². The molecule has 0 amide bonds. The van der Waals surface area contributed by atoms with Crippen LogP contribution in [0.3, 0.4) is 0 Å². The highest BCUT2D eigenvalue weighted by Crippen LogP contribution is 2.11. The quantitative estimate of drug-likeness (QED) is 0.364. The van der Waals surface area contributed by atoms with Crippen LogP contribution >= 0.6 is 0 Å². The highest BCUT2D eigenvalue weighted by Gasteiger charge is 2.07. The molecule has 0 aromatic heterocycles. The van der Waals surface area contributed by atoms with Gasteiger partial charge in [-0.1, -0.05) is 31.8 Å². The second-order valence-electron chi connectivity index (χ2n) is 4.24. The summed E-state index contributed by atoms with van der Waals surface area (Å²) in [6.45, 7) is 7.72. The molecule has 0 saturated heterocycles. The van der Waals surface area contributed by atoms with Crippen LogP contribution in [0.4, 0.5) is 0 Å². The number of carbonyl (C=O) groups excluding carboxylic acids is 1. The number of allylic oxidation sites excluding steroid dienone is 1. The summed E-state index contributed by atoms with van der Waals surface area (Å²) in [5.41, 5.74) is 1.21. The van der Waals surface area contributed by atoms with Gasteiger partial charge in [-0.15, -0.1) is 0 Å². The Morgan fingerprint density at radius 1 is 1.20 bits per heavy atom. The molecule has 0 bridgehead atoms. The summed E-state index contributed by atoms with van der Waals surface area (Å²) in [5, 5.41) is 0. The van der Waals surface area contributed by atoms with Gasteiger partial charge in [0.15, 0.2) is 0 Å². The van der Waals surface area contributed by atoms with E-state index in [2.05, 4.69) is 6.92 Å². The van der Waals surface area contributed by atoms with Crippen molar-refractivity contribution in [2.45, 2.75) is 65.9 Å². The van der Waals surface area contributed by atoms with Crippen molar-refractivity contribution in [1.29, 1.82) is 0 Å². The van der Waals surface area contributed by atoms with Crippen LogP contribution in [-0.2, 0) is 9.53 Å². The Hall–Kier alpha value is -0.790. The SMILES string of the molecule is CCCCCCC(C=C(C)C)OC(C)=O. The second kappa shape index (κ2) is 8.51. The Morgan fingerprint density at radius 3 is 2.33 bits per heavy atom. The minimum atomic E-state index is -0.187. The van der Waals surface area contributed by atoms with Crippen LogP contribution < -0.4 is 0 Å². The van der Waals surface area contributed by atoms with Gasteiger partial charge >= 0.3 is 5.97 Å². The van der Waals surface area contributed by atoms with Crippen molar-refractivity contribution in [3.05, 3.63) is 11.6 Å². The van der Waals surface area contributed by atoms with Gasteiger partial charge in [-0.3, -0.25) is 4.79 Å². The predicted molar refractivity (Wildman–Crippen MR) is 63.7 cm³/mol. The Balaban J connectivity index is 3.91. The molecule has 2 heteroatoms. The monoisotopic (exact) mass is 212 g/mol. The van der Waals surface area contributed by atoms with Gasteiger partial charge in [-0.05, 0) is 32.8 Å². The zero-order valence-electron chi connectivity index (χ0n) is 10.5. The topological polar surface area (TPSA) is 26.3 Å². The maximum absolute atomic E-state index is 10.9. The van der Waals surface area contributed by atoms with E-state index in [9.17, 15) is 4.79 Å². The van der Waals surface area contributed by atoms with Gasteiger partial charge in [-0.2, -0.15) is 0 Å². The Kier molecular flexibility index (Phi) is 8.06. The van der Waals surface area contributed by atoms with Crippen LogP contribution in [0.25, 0.3) is 0 Å². The lowest BCUT2D eigenvalue weighted by atomic mass is 10.1. The lowest BCUT2D eigenvalue weighted by Gasteiger charge is -2.13. The van der Waals surface area contributed by atoms with Crippen molar-refractivity contribution in [1.82, 2.24) is 0 Å². The standard InChI is InChI=1S/C13H24O2/c1-5-6-7-8-9-13(10-11(2)3)15-12(4)14/h10,13H,5-9H2,1-4H3. The fourth-order valence-corrected chi connectivity index (χ4v) is 1.53. The molecule has 0 N–H and O–H groups in total. The molecule has 0 aliphatic heterocycles. The highest BCUT2D eigenvalue weighted by molar-refractivity contribution is 5.66. The molecule has 0 heterocycles. The number of esters is 1. The molecule has 0 fully saturated rings. The minimum Gasteiger partial charge on any atom is -0.458 e. The molecule has 0 saturated carbocycles. The van der Waals surface area contributed by atoms with Crippen molar-refractivity contribution >= 4 is 5.97 Å². The Labute approximate surface area is 93.7 Å². The molecule has 0 aromatic rings. The van der Waals surface area contributed by atoms with Crippen molar-refractivity contribution in [3.63, 3.8) is 0 Å². The molecular formula is C13H24O2. The van der Waals surface area contributed by atoms with Crippen molar-refractivity contribution in [3.8, 4) is 0 Å². The maximum Gasteiger partial charge on any atom is 0.303 e. The van der Waals surface area contributed by atoms with Crippen molar-refractivity contribution in [2.75, 3.05) is 0 Å². The Bertz CT molecular complexity index is 203. The van der Waals surface area contributed by atoms with Crippen LogP contribution in [-0.4, -0.2) is 12.1 Å².